The number of thioether (sulfide) groups is 1. The topological polar surface area (TPSA) is 58.6 Å². The molecule has 0 aliphatic heterocycles. The molecular weight excluding hydrogens is 444 g/mol. The zero-order valence-electron chi connectivity index (χ0n) is 20.0. The Morgan fingerprint density at radius 2 is 1.68 bits per heavy atom. The van der Waals surface area contributed by atoms with Crippen LogP contribution in [-0.4, -0.2) is 42.7 Å². The van der Waals surface area contributed by atoms with Gasteiger partial charge in [-0.05, 0) is 41.3 Å². The standard InChI is InChI=1S/C28H32N2O3S/c1-21-10-7-8-14-24(21)19-34-20-27(31)30(18-23-13-9-15-25(16-23)33-3)26(28(32)29-2)17-22-11-5-4-6-12-22/h4-16,26H,17-20H2,1-3H3,(H,29,32)/t26-/m0/s1. The van der Waals surface area contributed by atoms with Crippen molar-refractivity contribution in [2.75, 3.05) is 19.9 Å². The molecule has 0 fully saturated rings. The van der Waals surface area contributed by atoms with Crippen LogP contribution in [0, 0.1) is 6.92 Å². The largest absolute Gasteiger partial charge is 0.497 e. The number of rotatable bonds is 11. The van der Waals surface area contributed by atoms with Crippen LogP contribution in [0.4, 0.5) is 0 Å². The summed E-state index contributed by atoms with van der Waals surface area (Å²) in [4.78, 5) is 28.2. The summed E-state index contributed by atoms with van der Waals surface area (Å²) in [6.45, 7) is 2.40. The van der Waals surface area contributed by atoms with E-state index in [1.54, 1.807) is 30.8 Å². The molecule has 2 amide bonds. The average molecular weight is 477 g/mol. The van der Waals surface area contributed by atoms with Gasteiger partial charge in [-0.25, -0.2) is 0 Å². The Balaban J connectivity index is 1.83. The number of ether oxygens (including phenoxy) is 1. The van der Waals surface area contributed by atoms with E-state index in [4.69, 9.17) is 4.74 Å². The first kappa shape index (κ1) is 25.4. The number of nitrogens with one attached hydrogen (secondary N) is 1. The van der Waals surface area contributed by atoms with E-state index in [9.17, 15) is 9.59 Å². The summed E-state index contributed by atoms with van der Waals surface area (Å²) in [6, 6.07) is 25.0. The minimum absolute atomic E-state index is 0.0639. The molecule has 0 bridgehead atoms. The lowest BCUT2D eigenvalue weighted by Crippen LogP contribution is -2.50. The molecule has 0 saturated heterocycles. The van der Waals surface area contributed by atoms with Gasteiger partial charge in [0.15, 0.2) is 0 Å². The summed E-state index contributed by atoms with van der Waals surface area (Å²) in [5, 5.41) is 2.75. The third-order valence-electron chi connectivity index (χ3n) is 5.75. The Labute approximate surface area is 206 Å². The van der Waals surface area contributed by atoms with Crippen molar-refractivity contribution in [3.05, 3.63) is 101 Å². The van der Waals surface area contributed by atoms with Gasteiger partial charge in [-0.15, -0.1) is 11.8 Å². The lowest BCUT2D eigenvalue weighted by Gasteiger charge is -2.31. The maximum absolute atomic E-state index is 13.5. The number of carbonyl (C=O) groups is 2. The Kier molecular flexibility index (Phi) is 9.59. The number of benzene rings is 3. The summed E-state index contributed by atoms with van der Waals surface area (Å²) in [6.07, 6.45) is 0.443. The Hall–Kier alpha value is -3.25. The minimum atomic E-state index is -0.620. The molecule has 3 aromatic rings. The van der Waals surface area contributed by atoms with E-state index in [2.05, 4.69) is 24.4 Å². The molecule has 3 aromatic carbocycles. The maximum Gasteiger partial charge on any atom is 0.242 e. The van der Waals surface area contributed by atoms with Crippen molar-refractivity contribution in [2.45, 2.75) is 31.7 Å². The van der Waals surface area contributed by atoms with Crippen LogP contribution in [-0.2, 0) is 28.3 Å². The number of methoxy groups -OCH3 is 1. The molecule has 0 aliphatic carbocycles. The van der Waals surface area contributed by atoms with Gasteiger partial charge >= 0.3 is 0 Å². The van der Waals surface area contributed by atoms with Gasteiger partial charge in [-0.1, -0.05) is 66.7 Å². The van der Waals surface area contributed by atoms with Crippen LogP contribution in [0.5, 0.6) is 5.75 Å². The summed E-state index contributed by atoms with van der Waals surface area (Å²) in [5.41, 5.74) is 4.35. The Bertz CT molecular complexity index is 1090. The van der Waals surface area contributed by atoms with Crippen molar-refractivity contribution in [1.82, 2.24) is 10.2 Å². The van der Waals surface area contributed by atoms with Gasteiger partial charge in [0.1, 0.15) is 11.8 Å². The Morgan fingerprint density at radius 1 is 0.971 bits per heavy atom. The molecule has 0 radical (unpaired) electrons. The molecule has 1 atom stereocenters. The second kappa shape index (κ2) is 12.8. The van der Waals surface area contributed by atoms with Gasteiger partial charge in [0.05, 0.1) is 12.9 Å². The molecule has 3 rings (SSSR count). The third kappa shape index (κ3) is 7.12. The van der Waals surface area contributed by atoms with Gasteiger partial charge in [-0.2, -0.15) is 0 Å². The molecule has 1 N–H and O–H groups in total. The molecule has 0 heterocycles. The SMILES string of the molecule is CNC(=O)[C@H](Cc1ccccc1)N(Cc1cccc(OC)c1)C(=O)CSCc1ccccc1C. The fourth-order valence-corrected chi connectivity index (χ4v) is 4.78. The van der Waals surface area contributed by atoms with Crippen molar-refractivity contribution in [2.24, 2.45) is 0 Å². The second-order valence-electron chi connectivity index (χ2n) is 8.11. The molecule has 0 unspecified atom stereocenters. The highest BCUT2D eigenvalue weighted by Crippen LogP contribution is 2.21. The number of nitrogens with zero attached hydrogens (tertiary/aromatic N) is 1. The third-order valence-corrected chi connectivity index (χ3v) is 6.72. The molecule has 5 nitrogen and oxygen atoms in total. The van der Waals surface area contributed by atoms with Crippen molar-refractivity contribution in [3.8, 4) is 5.75 Å². The molecule has 0 spiro atoms. The molecule has 0 aliphatic rings. The van der Waals surface area contributed by atoms with Gasteiger partial charge in [0.25, 0.3) is 0 Å². The van der Waals surface area contributed by atoms with E-state index in [-0.39, 0.29) is 11.8 Å². The summed E-state index contributed by atoms with van der Waals surface area (Å²) in [5.74, 6) is 1.52. The highest BCUT2D eigenvalue weighted by molar-refractivity contribution is 7.99. The second-order valence-corrected chi connectivity index (χ2v) is 9.10. The highest BCUT2D eigenvalue weighted by atomic mass is 32.2. The van der Waals surface area contributed by atoms with Crippen molar-refractivity contribution >= 4 is 23.6 Å². The van der Waals surface area contributed by atoms with Crippen molar-refractivity contribution in [3.63, 3.8) is 0 Å². The minimum Gasteiger partial charge on any atom is -0.497 e. The quantitative estimate of drug-likeness (QED) is 0.439. The first-order valence-electron chi connectivity index (χ1n) is 11.3. The number of hydrogen-bond donors (Lipinski definition) is 1. The predicted octanol–water partition coefficient (Wildman–Crippen LogP) is 4.62. The van der Waals surface area contributed by atoms with E-state index in [1.807, 2.05) is 66.7 Å². The van der Waals surface area contributed by atoms with E-state index in [0.717, 1.165) is 22.6 Å². The molecule has 0 saturated carbocycles. The molecular formula is C28H32N2O3S. The number of carbonyl (C=O) groups excluding carboxylic acids is 2. The maximum atomic E-state index is 13.5. The first-order chi connectivity index (χ1) is 16.5. The van der Waals surface area contributed by atoms with Gasteiger partial charge < -0.3 is 15.0 Å². The van der Waals surface area contributed by atoms with Crippen molar-refractivity contribution < 1.29 is 14.3 Å². The van der Waals surface area contributed by atoms with E-state index in [1.165, 1.54) is 11.1 Å². The first-order valence-corrected chi connectivity index (χ1v) is 12.5. The average Bonchev–Trinajstić information content (AvgIpc) is 2.87. The molecule has 34 heavy (non-hydrogen) atoms. The molecule has 0 aromatic heterocycles. The predicted molar refractivity (Wildman–Crippen MR) is 139 cm³/mol. The van der Waals surface area contributed by atoms with Gasteiger partial charge in [-0.3, -0.25) is 9.59 Å². The fourth-order valence-electron chi connectivity index (χ4n) is 3.79. The Morgan fingerprint density at radius 3 is 2.38 bits per heavy atom. The number of likely N-dealkylation sites (N-methyl/N-ethyl adjacent to an activating group) is 1. The smallest absolute Gasteiger partial charge is 0.242 e. The van der Waals surface area contributed by atoms with Crippen LogP contribution in [0.2, 0.25) is 0 Å². The van der Waals surface area contributed by atoms with E-state index < -0.39 is 6.04 Å². The molecule has 6 heteroatoms. The van der Waals surface area contributed by atoms with Crippen LogP contribution >= 0.6 is 11.8 Å². The van der Waals surface area contributed by atoms with Gasteiger partial charge in [0.2, 0.25) is 11.8 Å². The summed E-state index contributed by atoms with van der Waals surface area (Å²) >= 11 is 1.57. The fraction of sp³-hybridized carbons (Fsp3) is 0.286. The zero-order valence-corrected chi connectivity index (χ0v) is 20.8. The summed E-state index contributed by atoms with van der Waals surface area (Å²) in [7, 11) is 3.23. The zero-order chi connectivity index (χ0) is 24.3. The number of aryl methyl sites for hydroxylation is 1. The number of hydrogen-bond acceptors (Lipinski definition) is 4. The molecule has 178 valence electrons. The lowest BCUT2D eigenvalue weighted by molar-refractivity contribution is -0.139. The number of amides is 2. The highest BCUT2D eigenvalue weighted by Gasteiger charge is 2.29. The normalized spacial score (nSPS) is 11.5. The van der Waals surface area contributed by atoms with Crippen LogP contribution in [0.1, 0.15) is 22.3 Å². The van der Waals surface area contributed by atoms with Crippen LogP contribution in [0.25, 0.3) is 0 Å². The van der Waals surface area contributed by atoms with Crippen LogP contribution < -0.4 is 10.1 Å². The van der Waals surface area contributed by atoms with Crippen LogP contribution in [0.3, 0.4) is 0 Å². The summed E-state index contributed by atoms with van der Waals surface area (Å²) < 4.78 is 5.36. The van der Waals surface area contributed by atoms with Gasteiger partial charge in [0, 0.05) is 25.8 Å². The van der Waals surface area contributed by atoms with Crippen LogP contribution in [0.15, 0.2) is 78.9 Å². The van der Waals surface area contributed by atoms with Crippen molar-refractivity contribution in [1.29, 1.82) is 0 Å². The van der Waals surface area contributed by atoms with E-state index >= 15 is 0 Å². The monoisotopic (exact) mass is 476 g/mol. The lowest BCUT2D eigenvalue weighted by atomic mass is 10.0. The van der Waals surface area contributed by atoms with E-state index in [0.29, 0.717) is 18.7 Å².